The molecule has 0 heterocycles. The highest BCUT2D eigenvalue weighted by atomic mass is 35.5. The van der Waals surface area contributed by atoms with Crippen LogP contribution in [0.2, 0.25) is 5.02 Å². The summed E-state index contributed by atoms with van der Waals surface area (Å²) in [5, 5.41) is 0.779. The van der Waals surface area contributed by atoms with Crippen molar-refractivity contribution in [1.82, 2.24) is 0 Å². The Morgan fingerprint density at radius 3 is 2.00 bits per heavy atom. The van der Waals surface area contributed by atoms with Crippen molar-refractivity contribution in [1.29, 1.82) is 0 Å². The minimum atomic E-state index is 0.779. The Morgan fingerprint density at radius 2 is 1.42 bits per heavy atom. The number of allylic oxidation sites excluding steroid dienone is 2. The van der Waals surface area contributed by atoms with Crippen molar-refractivity contribution in [2.45, 2.75) is 26.2 Å². The minimum Gasteiger partial charge on any atom is -0.0882 e. The molecule has 0 aromatic heterocycles. The average Bonchev–Trinajstić information content (AvgIpc) is 2.45. The Kier molecular flexibility index (Phi) is 5.23. The number of unbranched alkanes of at least 4 members (excludes halogenated alkanes) is 1. The van der Waals surface area contributed by atoms with Gasteiger partial charge in [-0.1, -0.05) is 73.5 Å². The third-order valence-corrected chi connectivity index (χ3v) is 3.36. The number of benzene rings is 2. The second kappa shape index (κ2) is 7.16. The Hall–Kier alpha value is -1.53. The first-order valence-corrected chi connectivity index (χ1v) is 7.17. The van der Waals surface area contributed by atoms with Gasteiger partial charge in [-0.15, -0.1) is 0 Å². The normalized spacial score (nSPS) is 11.1. The molecular formula is C18H19Cl. The third-order valence-electron chi connectivity index (χ3n) is 3.11. The van der Waals surface area contributed by atoms with Crippen LogP contribution in [-0.4, -0.2) is 0 Å². The van der Waals surface area contributed by atoms with Gasteiger partial charge in [0.2, 0.25) is 0 Å². The van der Waals surface area contributed by atoms with Gasteiger partial charge in [-0.3, -0.25) is 0 Å². The molecule has 0 N–H and O–H groups in total. The Bertz CT molecular complexity index is 521. The van der Waals surface area contributed by atoms with Crippen LogP contribution in [0, 0.1) is 0 Å². The lowest BCUT2D eigenvalue weighted by Gasteiger charge is -2.03. The van der Waals surface area contributed by atoms with E-state index in [0.29, 0.717) is 0 Å². The number of hydrogen-bond acceptors (Lipinski definition) is 0. The maximum absolute atomic E-state index is 5.90. The molecule has 0 saturated carbocycles. The molecule has 0 spiro atoms. The Labute approximate surface area is 120 Å². The van der Waals surface area contributed by atoms with E-state index in [4.69, 9.17) is 11.6 Å². The maximum Gasteiger partial charge on any atom is 0.0406 e. The molecule has 0 saturated heterocycles. The van der Waals surface area contributed by atoms with E-state index in [0.717, 1.165) is 11.4 Å². The van der Waals surface area contributed by atoms with Crippen LogP contribution in [0.4, 0.5) is 0 Å². The Balaban J connectivity index is 2.04. The monoisotopic (exact) mass is 270 g/mol. The zero-order valence-corrected chi connectivity index (χ0v) is 12.0. The molecule has 2 rings (SSSR count). The molecule has 0 amide bonds. The van der Waals surface area contributed by atoms with Gasteiger partial charge in [0.1, 0.15) is 0 Å². The summed E-state index contributed by atoms with van der Waals surface area (Å²) < 4.78 is 0. The molecule has 0 radical (unpaired) electrons. The van der Waals surface area contributed by atoms with Gasteiger partial charge in [-0.05, 0) is 41.7 Å². The summed E-state index contributed by atoms with van der Waals surface area (Å²) >= 11 is 5.90. The van der Waals surface area contributed by atoms with E-state index >= 15 is 0 Å². The van der Waals surface area contributed by atoms with Crippen molar-refractivity contribution in [3.63, 3.8) is 0 Å². The zero-order valence-electron chi connectivity index (χ0n) is 11.3. The standard InChI is InChI=1S/C18H19Cl/c1-2-3-4-5-6-15-7-9-16(10-8-15)17-11-13-18(19)14-12-17/h4-5,7-14H,2-3,6H2,1H3/b5-4-. The molecule has 0 unspecified atom stereocenters. The van der Waals surface area contributed by atoms with Crippen LogP contribution in [0.1, 0.15) is 25.3 Å². The largest absolute Gasteiger partial charge is 0.0882 e. The second-order valence-corrected chi connectivity index (χ2v) is 5.10. The van der Waals surface area contributed by atoms with Gasteiger partial charge in [-0.2, -0.15) is 0 Å². The predicted molar refractivity (Wildman–Crippen MR) is 84.6 cm³/mol. The van der Waals surface area contributed by atoms with Crippen molar-refractivity contribution < 1.29 is 0 Å². The van der Waals surface area contributed by atoms with Crippen LogP contribution in [-0.2, 0) is 6.42 Å². The maximum atomic E-state index is 5.90. The molecule has 2 aromatic rings. The fraction of sp³-hybridized carbons (Fsp3) is 0.222. The molecule has 0 aliphatic rings. The molecule has 19 heavy (non-hydrogen) atoms. The van der Waals surface area contributed by atoms with E-state index in [2.05, 4.69) is 55.5 Å². The SMILES string of the molecule is CCC/C=C\Cc1ccc(-c2ccc(Cl)cc2)cc1. The first-order chi connectivity index (χ1) is 9.29. The lowest BCUT2D eigenvalue weighted by atomic mass is 10.0. The number of hydrogen-bond donors (Lipinski definition) is 0. The van der Waals surface area contributed by atoms with Crippen LogP contribution in [0.5, 0.6) is 0 Å². The second-order valence-electron chi connectivity index (χ2n) is 4.67. The van der Waals surface area contributed by atoms with Gasteiger partial charge in [0.25, 0.3) is 0 Å². The molecule has 98 valence electrons. The number of halogens is 1. The van der Waals surface area contributed by atoms with Crippen LogP contribution in [0.3, 0.4) is 0 Å². The van der Waals surface area contributed by atoms with E-state index in [9.17, 15) is 0 Å². The summed E-state index contributed by atoms with van der Waals surface area (Å²) in [5.74, 6) is 0. The minimum absolute atomic E-state index is 0.779. The topological polar surface area (TPSA) is 0 Å². The highest BCUT2D eigenvalue weighted by Crippen LogP contribution is 2.22. The lowest BCUT2D eigenvalue weighted by Crippen LogP contribution is -1.82. The highest BCUT2D eigenvalue weighted by Gasteiger charge is 1.97. The van der Waals surface area contributed by atoms with Crippen molar-refractivity contribution >= 4 is 11.6 Å². The smallest absolute Gasteiger partial charge is 0.0406 e. The zero-order chi connectivity index (χ0) is 13.5. The van der Waals surface area contributed by atoms with Gasteiger partial charge in [-0.25, -0.2) is 0 Å². The summed E-state index contributed by atoms with van der Waals surface area (Å²) in [7, 11) is 0. The summed E-state index contributed by atoms with van der Waals surface area (Å²) in [6.07, 6.45) is 7.91. The predicted octanol–water partition coefficient (Wildman–Crippen LogP) is 5.91. The highest BCUT2D eigenvalue weighted by molar-refractivity contribution is 6.30. The van der Waals surface area contributed by atoms with Crippen LogP contribution in [0.25, 0.3) is 11.1 Å². The lowest BCUT2D eigenvalue weighted by molar-refractivity contribution is 0.953. The average molecular weight is 271 g/mol. The van der Waals surface area contributed by atoms with E-state index in [1.54, 1.807) is 0 Å². The molecule has 0 nitrogen and oxygen atoms in total. The molecule has 0 fully saturated rings. The first-order valence-electron chi connectivity index (χ1n) is 6.79. The quantitative estimate of drug-likeness (QED) is 0.593. The van der Waals surface area contributed by atoms with Gasteiger partial charge in [0.15, 0.2) is 0 Å². The van der Waals surface area contributed by atoms with Crippen molar-refractivity contribution in [2.24, 2.45) is 0 Å². The summed E-state index contributed by atoms with van der Waals surface area (Å²) in [4.78, 5) is 0. The van der Waals surface area contributed by atoms with E-state index in [-0.39, 0.29) is 0 Å². The van der Waals surface area contributed by atoms with Crippen molar-refractivity contribution in [3.05, 3.63) is 71.3 Å². The fourth-order valence-electron chi connectivity index (χ4n) is 1.98. The number of rotatable bonds is 5. The van der Waals surface area contributed by atoms with Crippen molar-refractivity contribution in [2.75, 3.05) is 0 Å². The fourth-order valence-corrected chi connectivity index (χ4v) is 2.11. The van der Waals surface area contributed by atoms with E-state index in [1.165, 1.54) is 29.5 Å². The van der Waals surface area contributed by atoms with E-state index < -0.39 is 0 Å². The molecule has 0 aliphatic carbocycles. The summed E-state index contributed by atoms with van der Waals surface area (Å²) in [5.41, 5.74) is 3.79. The van der Waals surface area contributed by atoms with Crippen LogP contribution < -0.4 is 0 Å². The third kappa shape index (κ3) is 4.25. The van der Waals surface area contributed by atoms with Gasteiger partial charge < -0.3 is 0 Å². The molecule has 0 aliphatic heterocycles. The molecule has 0 bridgehead atoms. The Morgan fingerprint density at radius 1 is 0.842 bits per heavy atom. The van der Waals surface area contributed by atoms with Gasteiger partial charge in [0.05, 0.1) is 0 Å². The van der Waals surface area contributed by atoms with Crippen molar-refractivity contribution in [3.8, 4) is 11.1 Å². The summed E-state index contributed by atoms with van der Waals surface area (Å²) in [6.45, 7) is 2.20. The summed E-state index contributed by atoms with van der Waals surface area (Å²) in [6, 6.07) is 16.7. The molecule has 2 aromatic carbocycles. The van der Waals surface area contributed by atoms with Crippen LogP contribution in [0.15, 0.2) is 60.7 Å². The first kappa shape index (κ1) is 13.9. The van der Waals surface area contributed by atoms with E-state index in [1.807, 2.05) is 12.1 Å². The molecule has 0 atom stereocenters. The molecule has 1 heteroatoms. The van der Waals surface area contributed by atoms with Crippen LogP contribution >= 0.6 is 11.6 Å². The van der Waals surface area contributed by atoms with Gasteiger partial charge >= 0.3 is 0 Å². The molecular weight excluding hydrogens is 252 g/mol. The van der Waals surface area contributed by atoms with Gasteiger partial charge in [0, 0.05) is 5.02 Å².